The number of carbonyl (C=O) groups excluding carboxylic acids is 1. The third-order valence-electron chi connectivity index (χ3n) is 19.6. The molecule has 53 heavy (non-hydrogen) atoms. The van der Waals surface area contributed by atoms with E-state index in [1.165, 1.54) is 38.5 Å². The molecule has 7 aliphatic rings. The minimum absolute atomic E-state index is 0.123. The van der Waals surface area contributed by atoms with Crippen LogP contribution in [-0.4, -0.2) is 42.8 Å². The summed E-state index contributed by atoms with van der Waals surface area (Å²) in [5.41, 5.74) is 2.51. The van der Waals surface area contributed by atoms with Gasteiger partial charge in [0.2, 0.25) is 0 Å². The molecule has 302 valence electrons. The molecule has 5 heteroatoms. The highest BCUT2D eigenvalue weighted by Gasteiger charge is 2.68. The Morgan fingerprint density at radius 2 is 1.45 bits per heavy atom. The third kappa shape index (κ3) is 6.14. The van der Waals surface area contributed by atoms with Crippen LogP contribution in [0.4, 0.5) is 0 Å². The van der Waals surface area contributed by atoms with Crippen LogP contribution in [0.15, 0.2) is 11.6 Å². The lowest BCUT2D eigenvalue weighted by molar-refractivity contribution is -0.347. The van der Waals surface area contributed by atoms with Crippen molar-refractivity contribution in [2.45, 2.75) is 205 Å². The molecule has 0 N–H and O–H groups in total. The van der Waals surface area contributed by atoms with Crippen LogP contribution in [0, 0.1) is 80.3 Å². The average Bonchev–Trinajstić information content (AvgIpc) is 3.10. The highest BCUT2D eigenvalue weighted by molar-refractivity contribution is 5.84. The molecule has 6 fully saturated rings. The van der Waals surface area contributed by atoms with Gasteiger partial charge in [-0.05, 0) is 153 Å². The molecule has 0 amide bonds. The van der Waals surface area contributed by atoms with Gasteiger partial charge in [-0.15, -0.1) is 0 Å². The fourth-order valence-electron chi connectivity index (χ4n) is 14.8. The van der Waals surface area contributed by atoms with Gasteiger partial charge >= 0.3 is 0 Å². The first-order chi connectivity index (χ1) is 24.7. The van der Waals surface area contributed by atoms with Crippen LogP contribution >= 0.6 is 0 Å². The van der Waals surface area contributed by atoms with Crippen LogP contribution < -0.4 is 0 Å². The Hall–Kier alpha value is -0.750. The van der Waals surface area contributed by atoms with Crippen molar-refractivity contribution in [2.75, 3.05) is 0 Å². The topological polar surface area (TPSA) is 54.0 Å². The Bertz CT molecular complexity index is 1400. The first kappa shape index (κ1) is 40.4. The molecule has 0 aromatic carbocycles. The van der Waals surface area contributed by atoms with E-state index >= 15 is 0 Å². The fraction of sp³-hybridized carbons (Fsp3) is 0.938. The fourth-order valence-corrected chi connectivity index (χ4v) is 14.8. The summed E-state index contributed by atoms with van der Waals surface area (Å²) in [6, 6.07) is 0. The molecular weight excluding hydrogens is 657 g/mol. The van der Waals surface area contributed by atoms with E-state index in [9.17, 15) is 4.79 Å². The van der Waals surface area contributed by atoms with Crippen molar-refractivity contribution in [1.29, 1.82) is 0 Å². The van der Waals surface area contributed by atoms with Crippen molar-refractivity contribution in [1.82, 2.24) is 0 Å². The maximum absolute atomic E-state index is 13.5. The first-order valence-corrected chi connectivity index (χ1v) is 22.6. The Morgan fingerprint density at radius 1 is 0.755 bits per heavy atom. The second-order valence-corrected chi connectivity index (χ2v) is 22.1. The van der Waals surface area contributed by atoms with E-state index in [1.54, 1.807) is 5.57 Å². The van der Waals surface area contributed by atoms with Crippen LogP contribution in [0.1, 0.15) is 168 Å². The van der Waals surface area contributed by atoms with E-state index in [1.807, 2.05) is 6.92 Å². The Balaban J connectivity index is 1.11. The van der Waals surface area contributed by atoms with Crippen molar-refractivity contribution in [2.24, 2.45) is 80.3 Å². The van der Waals surface area contributed by atoms with Gasteiger partial charge in [0.25, 0.3) is 0 Å². The average molecular weight is 737 g/mol. The Morgan fingerprint density at radius 3 is 2.13 bits per heavy atom. The van der Waals surface area contributed by atoms with Crippen molar-refractivity contribution >= 4 is 5.78 Å². The minimum Gasteiger partial charge on any atom is -0.349 e. The molecule has 5 nitrogen and oxygen atoms in total. The standard InChI is InChI=1S/C48H80O5/c1-15-38-29(4)27(2)31(6)42(51-38)53-41-30(5)28(3)33(8)50-43(41)52-39-19-20-45(12)35(32(39)7)18-21-47(14)40(45)17-16-36-37-26-44(10,11)22-24-48(37,34(9)49)25-23-46(36,47)13/h16,27-33,35,37-43H,15,17-26H2,1-14H3/t27-,28-,29+,30-,31?,32?,33?,35-,37?,38?,39-,40?,41?,42-,43-,45?,46+,47-,48+/m0/s1. The van der Waals surface area contributed by atoms with Gasteiger partial charge in [0.15, 0.2) is 12.6 Å². The summed E-state index contributed by atoms with van der Waals surface area (Å²) >= 11 is 0. The lowest BCUT2D eigenvalue weighted by Gasteiger charge is -2.70. The second kappa shape index (κ2) is 14.0. The SMILES string of the molecule is CCC1O[C@@H](OC2[C@H](O[C@H]3CCC4(C)C5CC=C6C7CC(C)(C)CC[C@]7(C(C)=O)CC[C@@]6(C)[C@@]5(C)CC[C@H]4C3C)OC(C)[C@@H](C)[C@@H]2C)C(C)[C@@H](C)[C@H]1C. The summed E-state index contributed by atoms with van der Waals surface area (Å²) in [5.74, 6) is 4.67. The zero-order chi connectivity index (χ0) is 38.6. The van der Waals surface area contributed by atoms with E-state index in [-0.39, 0.29) is 58.7 Å². The molecule has 7 rings (SSSR count). The number of Topliss-reactive ketones (excluding diaryl/α,β-unsaturated/α-hetero) is 1. The number of fused-ring (bicyclic) bond motifs is 7. The van der Waals surface area contributed by atoms with Gasteiger partial charge in [-0.25, -0.2) is 0 Å². The van der Waals surface area contributed by atoms with Gasteiger partial charge in [-0.3, -0.25) is 4.79 Å². The molecule has 0 aromatic heterocycles. The third-order valence-corrected chi connectivity index (χ3v) is 19.6. The maximum atomic E-state index is 13.5. The Kier molecular flexibility index (Phi) is 10.7. The predicted molar refractivity (Wildman–Crippen MR) is 214 cm³/mol. The largest absolute Gasteiger partial charge is 0.349 e. The molecule has 2 heterocycles. The van der Waals surface area contributed by atoms with E-state index in [0.29, 0.717) is 64.5 Å². The van der Waals surface area contributed by atoms with Crippen molar-refractivity contribution in [3.05, 3.63) is 11.6 Å². The molecule has 0 aromatic rings. The highest BCUT2D eigenvalue weighted by Crippen LogP contribution is 2.75. The normalized spacial score (nSPS) is 55.1. The van der Waals surface area contributed by atoms with Gasteiger partial charge in [0.05, 0.1) is 18.3 Å². The zero-order valence-corrected chi connectivity index (χ0v) is 36.6. The number of ketones is 1. The molecular formula is C48H80O5. The van der Waals surface area contributed by atoms with Crippen LogP contribution in [0.3, 0.4) is 0 Å². The monoisotopic (exact) mass is 737 g/mol. The number of rotatable bonds is 6. The van der Waals surface area contributed by atoms with Crippen molar-refractivity contribution in [3.8, 4) is 0 Å². The molecule has 2 aliphatic heterocycles. The molecule has 5 aliphatic carbocycles. The highest BCUT2D eigenvalue weighted by atomic mass is 16.7. The molecule has 19 atom stereocenters. The van der Waals surface area contributed by atoms with Gasteiger partial charge < -0.3 is 18.9 Å². The van der Waals surface area contributed by atoms with Crippen LogP contribution in [-0.2, 0) is 23.7 Å². The van der Waals surface area contributed by atoms with Gasteiger partial charge in [-0.2, -0.15) is 0 Å². The van der Waals surface area contributed by atoms with Crippen LogP contribution in [0.25, 0.3) is 0 Å². The van der Waals surface area contributed by atoms with Crippen molar-refractivity contribution in [3.63, 3.8) is 0 Å². The number of carbonyl (C=O) groups is 1. The number of ether oxygens (including phenoxy) is 4. The van der Waals surface area contributed by atoms with Gasteiger partial charge in [0, 0.05) is 11.3 Å². The molecule has 0 spiro atoms. The summed E-state index contributed by atoms with van der Waals surface area (Å²) in [6.45, 7) is 33.5. The molecule has 4 saturated carbocycles. The van der Waals surface area contributed by atoms with Crippen LogP contribution in [0.5, 0.6) is 0 Å². The lowest BCUT2D eigenvalue weighted by atomic mass is 9.34. The number of allylic oxidation sites excluding steroid dienone is 2. The number of hydrogen-bond acceptors (Lipinski definition) is 5. The van der Waals surface area contributed by atoms with E-state index in [4.69, 9.17) is 18.9 Å². The van der Waals surface area contributed by atoms with E-state index in [0.717, 1.165) is 32.1 Å². The smallest absolute Gasteiger partial charge is 0.184 e. The summed E-state index contributed by atoms with van der Waals surface area (Å²) in [6.07, 6.45) is 15.1. The van der Waals surface area contributed by atoms with Crippen LogP contribution in [0.2, 0.25) is 0 Å². The number of hydrogen-bond donors (Lipinski definition) is 0. The summed E-state index contributed by atoms with van der Waals surface area (Å²) in [4.78, 5) is 13.5. The van der Waals surface area contributed by atoms with E-state index in [2.05, 4.69) is 96.1 Å². The minimum atomic E-state index is -0.380. The quantitative estimate of drug-likeness (QED) is 0.201. The Labute approximate surface area is 325 Å². The molecule has 0 radical (unpaired) electrons. The summed E-state index contributed by atoms with van der Waals surface area (Å²) in [7, 11) is 0. The lowest BCUT2D eigenvalue weighted by Crippen LogP contribution is -2.64. The maximum Gasteiger partial charge on any atom is 0.184 e. The van der Waals surface area contributed by atoms with E-state index < -0.39 is 0 Å². The molecule has 0 bridgehead atoms. The van der Waals surface area contributed by atoms with Gasteiger partial charge in [0.1, 0.15) is 11.9 Å². The summed E-state index contributed by atoms with van der Waals surface area (Å²) in [5, 5.41) is 0. The van der Waals surface area contributed by atoms with Gasteiger partial charge in [-0.1, -0.05) is 94.7 Å². The zero-order valence-electron chi connectivity index (χ0n) is 36.6. The van der Waals surface area contributed by atoms with Crippen molar-refractivity contribution < 1.29 is 23.7 Å². The molecule has 2 saturated heterocycles. The predicted octanol–water partition coefficient (Wildman–Crippen LogP) is 11.8. The molecule has 8 unspecified atom stereocenters. The second-order valence-electron chi connectivity index (χ2n) is 22.1. The summed E-state index contributed by atoms with van der Waals surface area (Å²) < 4.78 is 27.8. The first-order valence-electron chi connectivity index (χ1n) is 22.6.